The van der Waals surface area contributed by atoms with Crippen LogP contribution < -0.4 is 0 Å². The molecule has 0 unspecified atom stereocenters. The number of aromatic nitrogens is 1. The van der Waals surface area contributed by atoms with E-state index in [9.17, 15) is 4.79 Å². The van der Waals surface area contributed by atoms with Gasteiger partial charge in [-0.2, -0.15) is 0 Å². The molecule has 21 heavy (non-hydrogen) atoms. The van der Waals surface area contributed by atoms with Crippen molar-refractivity contribution in [2.24, 2.45) is 5.41 Å². The molecule has 1 aliphatic carbocycles. The van der Waals surface area contributed by atoms with Crippen LogP contribution in [-0.4, -0.2) is 41.6 Å². The molecule has 2 fully saturated rings. The lowest BCUT2D eigenvalue weighted by Gasteiger charge is -2.42. The number of amides is 1. The Morgan fingerprint density at radius 2 is 2.29 bits per heavy atom. The number of hydrogen-bond donors (Lipinski definition) is 0. The summed E-state index contributed by atoms with van der Waals surface area (Å²) >= 11 is 0. The third-order valence-corrected chi connectivity index (χ3v) is 5.39. The zero-order valence-corrected chi connectivity index (χ0v) is 13.1. The third-order valence-electron chi connectivity index (χ3n) is 5.39. The Labute approximate surface area is 126 Å². The normalized spacial score (nSPS) is 32.0. The minimum Gasteiger partial charge on any atom is -0.381 e. The topological polar surface area (TPSA) is 42.4 Å². The lowest BCUT2D eigenvalue weighted by molar-refractivity contribution is -0.00279. The van der Waals surface area contributed by atoms with Gasteiger partial charge < -0.3 is 9.64 Å². The van der Waals surface area contributed by atoms with E-state index in [1.807, 2.05) is 19.1 Å². The molecule has 0 N–H and O–H groups in total. The van der Waals surface area contributed by atoms with E-state index in [2.05, 4.69) is 16.8 Å². The van der Waals surface area contributed by atoms with E-state index < -0.39 is 0 Å². The first-order valence-corrected chi connectivity index (χ1v) is 7.80. The lowest BCUT2D eigenvalue weighted by Crippen LogP contribution is -2.46. The van der Waals surface area contributed by atoms with Gasteiger partial charge in [-0.15, -0.1) is 0 Å². The highest BCUT2D eigenvalue weighted by Crippen LogP contribution is 2.47. The quantitative estimate of drug-likeness (QED) is 0.840. The van der Waals surface area contributed by atoms with Crippen molar-refractivity contribution in [2.45, 2.75) is 51.7 Å². The molecule has 1 aromatic heterocycles. The highest BCUT2D eigenvalue weighted by Gasteiger charge is 2.49. The van der Waals surface area contributed by atoms with Crippen molar-refractivity contribution in [3.63, 3.8) is 0 Å². The van der Waals surface area contributed by atoms with E-state index in [0.717, 1.165) is 43.5 Å². The summed E-state index contributed by atoms with van der Waals surface area (Å²) in [5.41, 5.74) is 1.77. The number of pyridine rings is 1. The fraction of sp³-hybridized carbons (Fsp3) is 0.647. The summed E-state index contributed by atoms with van der Waals surface area (Å²) in [7, 11) is 1.80. The first kappa shape index (κ1) is 14.5. The van der Waals surface area contributed by atoms with Crippen LogP contribution in [0.4, 0.5) is 0 Å². The first-order chi connectivity index (χ1) is 10.0. The van der Waals surface area contributed by atoms with E-state index in [1.165, 1.54) is 0 Å². The largest absolute Gasteiger partial charge is 0.381 e. The minimum absolute atomic E-state index is 0.144. The smallest absolute Gasteiger partial charge is 0.255 e. The summed E-state index contributed by atoms with van der Waals surface area (Å²) in [4.78, 5) is 19.2. The van der Waals surface area contributed by atoms with Crippen molar-refractivity contribution in [1.82, 2.24) is 9.88 Å². The predicted octanol–water partition coefficient (Wildman–Crippen LogP) is 2.81. The zero-order valence-electron chi connectivity index (χ0n) is 13.1. The van der Waals surface area contributed by atoms with Crippen molar-refractivity contribution < 1.29 is 9.53 Å². The zero-order chi connectivity index (χ0) is 15.0. The Kier molecular flexibility index (Phi) is 3.74. The van der Waals surface area contributed by atoms with Gasteiger partial charge in [0.2, 0.25) is 0 Å². The molecule has 0 bridgehead atoms. The van der Waals surface area contributed by atoms with Gasteiger partial charge in [0.15, 0.2) is 0 Å². The molecule has 114 valence electrons. The minimum atomic E-state index is 0.144. The molecule has 1 aliphatic heterocycles. The van der Waals surface area contributed by atoms with E-state index in [1.54, 1.807) is 13.3 Å². The van der Waals surface area contributed by atoms with Crippen LogP contribution in [0.2, 0.25) is 0 Å². The molecule has 0 radical (unpaired) electrons. The SMILES string of the molecule is CO[C@@H]1CC[C@H]2N(C(=O)c3cccnc3C)CC[C@@]2(C)C1. The Hall–Kier alpha value is -1.42. The molecule has 2 heterocycles. The second kappa shape index (κ2) is 5.41. The van der Waals surface area contributed by atoms with Crippen LogP contribution in [0.5, 0.6) is 0 Å². The maximum Gasteiger partial charge on any atom is 0.255 e. The molecule has 0 aromatic carbocycles. The first-order valence-electron chi connectivity index (χ1n) is 7.80. The Morgan fingerprint density at radius 3 is 3.00 bits per heavy atom. The van der Waals surface area contributed by atoms with Gasteiger partial charge in [0.05, 0.1) is 11.7 Å². The second-order valence-corrected chi connectivity index (χ2v) is 6.69. The number of rotatable bonds is 2. The monoisotopic (exact) mass is 288 g/mol. The summed E-state index contributed by atoms with van der Waals surface area (Å²) in [5, 5.41) is 0. The number of hydrogen-bond acceptors (Lipinski definition) is 3. The number of fused-ring (bicyclic) bond motifs is 1. The maximum atomic E-state index is 12.9. The standard InChI is InChI=1S/C17H24N2O2/c1-12-14(5-4-9-18-12)16(20)19-10-8-17(2)11-13(21-3)6-7-15(17)19/h4-5,9,13,15H,6-8,10-11H2,1-3H3/t13-,15-,17+/m1/s1. The molecule has 3 atom stereocenters. The number of likely N-dealkylation sites (tertiary alicyclic amines) is 1. The molecule has 1 saturated heterocycles. The maximum absolute atomic E-state index is 12.9. The number of ether oxygens (including phenoxy) is 1. The van der Waals surface area contributed by atoms with Crippen LogP contribution in [0.1, 0.15) is 48.7 Å². The van der Waals surface area contributed by atoms with Crippen LogP contribution in [0, 0.1) is 12.3 Å². The van der Waals surface area contributed by atoms with Crippen LogP contribution in [0.3, 0.4) is 0 Å². The molecule has 2 aliphatic rings. The highest BCUT2D eigenvalue weighted by atomic mass is 16.5. The van der Waals surface area contributed by atoms with E-state index in [-0.39, 0.29) is 11.3 Å². The number of nitrogens with zero attached hydrogens (tertiary/aromatic N) is 2. The molecule has 1 amide bonds. The number of methoxy groups -OCH3 is 1. The van der Waals surface area contributed by atoms with Gasteiger partial charge in [-0.1, -0.05) is 6.92 Å². The highest BCUT2D eigenvalue weighted by molar-refractivity contribution is 5.95. The molecular formula is C17H24N2O2. The third kappa shape index (κ3) is 2.46. The summed E-state index contributed by atoms with van der Waals surface area (Å²) in [5.74, 6) is 0.144. The average Bonchev–Trinajstić information content (AvgIpc) is 2.83. The van der Waals surface area contributed by atoms with Crippen molar-refractivity contribution in [3.05, 3.63) is 29.6 Å². The van der Waals surface area contributed by atoms with Crippen LogP contribution >= 0.6 is 0 Å². The van der Waals surface area contributed by atoms with Gasteiger partial charge in [0.25, 0.3) is 5.91 Å². The average molecular weight is 288 g/mol. The number of aryl methyl sites for hydroxylation is 1. The van der Waals surface area contributed by atoms with Gasteiger partial charge in [-0.3, -0.25) is 9.78 Å². The van der Waals surface area contributed by atoms with Crippen molar-refractivity contribution in [2.75, 3.05) is 13.7 Å². The molecule has 4 nitrogen and oxygen atoms in total. The van der Waals surface area contributed by atoms with Gasteiger partial charge >= 0.3 is 0 Å². The van der Waals surface area contributed by atoms with E-state index >= 15 is 0 Å². The van der Waals surface area contributed by atoms with Crippen molar-refractivity contribution in [3.8, 4) is 0 Å². The lowest BCUT2D eigenvalue weighted by atomic mass is 9.71. The Bertz CT molecular complexity index is 545. The van der Waals surface area contributed by atoms with Crippen LogP contribution in [-0.2, 0) is 4.74 Å². The van der Waals surface area contributed by atoms with Gasteiger partial charge in [0, 0.05) is 31.6 Å². The molecular weight excluding hydrogens is 264 g/mol. The summed E-state index contributed by atoms with van der Waals surface area (Å²) in [6, 6.07) is 4.08. The van der Waals surface area contributed by atoms with Crippen molar-refractivity contribution in [1.29, 1.82) is 0 Å². The number of carbonyl (C=O) groups excluding carboxylic acids is 1. The van der Waals surface area contributed by atoms with Gasteiger partial charge in [-0.25, -0.2) is 0 Å². The molecule has 3 rings (SSSR count). The fourth-order valence-electron chi connectivity index (χ4n) is 4.09. The van der Waals surface area contributed by atoms with Gasteiger partial charge in [0.1, 0.15) is 0 Å². The molecule has 1 aromatic rings. The molecule has 4 heteroatoms. The summed E-state index contributed by atoms with van der Waals surface area (Å²) in [6.45, 7) is 5.07. The van der Waals surface area contributed by atoms with Crippen LogP contribution in [0.15, 0.2) is 18.3 Å². The second-order valence-electron chi connectivity index (χ2n) is 6.69. The Balaban J connectivity index is 1.82. The van der Waals surface area contributed by atoms with E-state index in [0.29, 0.717) is 12.1 Å². The van der Waals surface area contributed by atoms with Gasteiger partial charge in [-0.05, 0) is 50.2 Å². The summed E-state index contributed by atoms with van der Waals surface area (Å²) < 4.78 is 5.55. The molecule has 1 saturated carbocycles. The fourth-order valence-corrected chi connectivity index (χ4v) is 4.09. The molecule has 0 spiro atoms. The van der Waals surface area contributed by atoms with Crippen molar-refractivity contribution >= 4 is 5.91 Å². The predicted molar refractivity (Wildman–Crippen MR) is 81.2 cm³/mol. The summed E-state index contributed by atoms with van der Waals surface area (Å²) in [6.07, 6.45) is 6.31. The van der Waals surface area contributed by atoms with Crippen LogP contribution in [0.25, 0.3) is 0 Å². The number of carbonyl (C=O) groups is 1. The van der Waals surface area contributed by atoms with E-state index in [4.69, 9.17) is 4.74 Å². The Morgan fingerprint density at radius 1 is 1.48 bits per heavy atom.